The van der Waals surface area contributed by atoms with Crippen LogP contribution in [-0.2, 0) is 17.0 Å². The first-order valence-electron chi connectivity index (χ1n) is 7.80. The summed E-state index contributed by atoms with van der Waals surface area (Å²) in [6.07, 6.45) is 0.425. The van der Waals surface area contributed by atoms with E-state index in [2.05, 4.69) is 31.3 Å². The molecule has 0 unspecified atom stereocenters. The molecule has 0 spiro atoms. The smallest absolute Gasteiger partial charge is 0.224 e. The summed E-state index contributed by atoms with van der Waals surface area (Å²) in [5, 5.41) is 4.30. The van der Waals surface area contributed by atoms with E-state index in [0.29, 0.717) is 23.0 Å². The van der Waals surface area contributed by atoms with Crippen molar-refractivity contribution in [3.05, 3.63) is 68.7 Å². The molecule has 2 nitrogen and oxygen atoms in total. The minimum Gasteiger partial charge on any atom is -0.355 e. The molecule has 24 heavy (non-hydrogen) atoms. The highest BCUT2D eigenvalue weighted by Crippen LogP contribution is 2.24. The molecule has 0 heterocycles. The first-order chi connectivity index (χ1) is 11.5. The number of thioether (sulfide) groups is 1. The van der Waals surface area contributed by atoms with Crippen LogP contribution in [0.5, 0.6) is 0 Å². The molecule has 0 fully saturated rings. The Morgan fingerprint density at radius 3 is 2.58 bits per heavy atom. The molecular formula is C19H21Cl2NOS. The van der Waals surface area contributed by atoms with E-state index in [1.54, 1.807) is 17.8 Å². The Morgan fingerprint density at radius 2 is 1.88 bits per heavy atom. The Labute approximate surface area is 157 Å². The highest BCUT2D eigenvalue weighted by Gasteiger charge is 2.05. The minimum atomic E-state index is 0.0587. The largest absolute Gasteiger partial charge is 0.355 e. The summed E-state index contributed by atoms with van der Waals surface area (Å²) in [6.45, 7) is 4.79. The van der Waals surface area contributed by atoms with Gasteiger partial charge in [0.25, 0.3) is 0 Å². The second-order valence-corrected chi connectivity index (χ2v) is 7.68. The summed E-state index contributed by atoms with van der Waals surface area (Å²) in [5.74, 6) is 1.71. The van der Waals surface area contributed by atoms with E-state index in [4.69, 9.17) is 23.2 Å². The van der Waals surface area contributed by atoms with Crippen LogP contribution in [0.1, 0.15) is 22.3 Å². The third-order valence-electron chi connectivity index (χ3n) is 3.78. The molecule has 0 bridgehead atoms. The molecule has 2 aromatic carbocycles. The van der Waals surface area contributed by atoms with Crippen LogP contribution in [0.2, 0.25) is 10.0 Å². The third kappa shape index (κ3) is 6.04. The lowest BCUT2D eigenvalue weighted by Crippen LogP contribution is -2.27. The highest BCUT2D eigenvalue weighted by molar-refractivity contribution is 7.98. The van der Waals surface area contributed by atoms with E-state index in [-0.39, 0.29) is 5.91 Å². The molecule has 0 saturated heterocycles. The van der Waals surface area contributed by atoms with Crippen molar-refractivity contribution in [3.8, 4) is 0 Å². The maximum absolute atomic E-state index is 12.0. The van der Waals surface area contributed by atoms with Crippen LogP contribution >= 0.6 is 35.0 Å². The molecule has 0 aliphatic rings. The normalized spacial score (nSPS) is 10.7. The predicted octanol–water partition coefficient (Wildman–Crippen LogP) is 5.20. The Balaban J connectivity index is 1.68. The number of hydrogen-bond acceptors (Lipinski definition) is 2. The summed E-state index contributed by atoms with van der Waals surface area (Å²) in [4.78, 5) is 12.0. The molecule has 1 amide bonds. The molecule has 0 aliphatic heterocycles. The van der Waals surface area contributed by atoms with Gasteiger partial charge in [-0.3, -0.25) is 4.79 Å². The van der Waals surface area contributed by atoms with Crippen LogP contribution in [0.25, 0.3) is 0 Å². The third-order valence-corrected chi connectivity index (χ3v) is 5.37. The number of carbonyl (C=O) groups excluding carboxylic acids is 1. The number of hydrogen-bond donors (Lipinski definition) is 1. The predicted molar refractivity (Wildman–Crippen MR) is 105 cm³/mol. The van der Waals surface area contributed by atoms with E-state index in [1.807, 2.05) is 18.2 Å². The number of nitrogens with one attached hydrogen (secondary N) is 1. The van der Waals surface area contributed by atoms with Gasteiger partial charge >= 0.3 is 0 Å². The van der Waals surface area contributed by atoms with Crippen LogP contribution in [0, 0.1) is 13.8 Å². The van der Waals surface area contributed by atoms with Gasteiger partial charge in [-0.25, -0.2) is 0 Å². The topological polar surface area (TPSA) is 29.1 Å². The minimum absolute atomic E-state index is 0.0587. The number of amides is 1. The van der Waals surface area contributed by atoms with Crippen molar-refractivity contribution in [1.29, 1.82) is 0 Å². The fourth-order valence-electron chi connectivity index (χ4n) is 2.24. The summed E-state index contributed by atoms with van der Waals surface area (Å²) in [6, 6.07) is 11.7. The molecule has 2 rings (SSSR count). The SMILES string of the molecule is Cc1ccc(CC(=O)NCCSCc2ccc(Cl)cc2Cl)cc1C. The molecular weight excluding hydrogens is 361 g/mol. The van der Waals surface area contributed by atoms with E-state index in [1.165, 1.54) is 11.1 Å². The number of benzene rings is 2. The molecule has 2 aromatic rings. The van der Waals surface area contributed by atoms with Crippen molar-refractivity contribution in [3.63, 3.8) is 0 Å². The fraction of sp³-hybridized carbons (Fsp3) is 0.316. The molecule has 128 valence electrons. The highest BCUT2D eigenvalue weighted by atomic mass is 35.5. The van der Waals surface area contributed by atoms with Gasteiger partial charge in [0.2, 0.25) is 5.91 Å². The van der Waals surface area contributed by atoms with E-state index in [9.17, 15) is 4.79 Å². The maximum Gasteiger partial charge on any atom is 0.224 e. The fourth-order valence-corrected chi connectivity index (χ4v) is 3.66. The summed E-state index contributed by atoms with van der Waals surface area (Å²) in [5.41, 5.74) is 4.58. The second-order valence-electron chi connectivity index (χ2n) is 5.73. The van der Waals surface area contributed by atoms with Crippen molar-refractivity contribution in [1.82, 2.24) is 5.32 Å². The lowest BCUT2D eigenvalue weighted by Gasteiger charge is -2.08. The average molecular weight is 382 g/mol. The number of aryl methyl sites for hydroxylation is 2. The number of rotatable bonds is 7. The van der Waals surface area contributed by atoms with Gasteiger partial charge in [-0.05, 0) is 48.2 Å². The molecule has 0 saturated carbocycles. The van der Waals surface area contributed by atoms with Crippen LogP contribution in [-0.4, -0.2) is 18.2 Å². The number of halogens is 2. The van der Waals surface area contributed by atoms with Gasteiger partial charge in [-0.1, -0.05) is 47.5 Å². The van der Waals surface area contributed by atoms with Crippen LogP contribution < -0.4 is 5.32 Å². The first kappa shape index (κ1) is 19.2. The molecule has 0 atom stereocenters. The van der Waals surface area contributed by atoms with Gasteiger partial charge in [0, 0.05) is 28.1 Å². The molecule has 0 aromatic heterocycles. The lowest BCUT2D eigenvalue weighted by atomic mass is 10.0. The Hall–Kier alpha value is -1.16. The van der Waals surface area contributed by atoms with E-state index >= 15 is 0 Å². The van der Waals surface area contributed by atoms with E-state index < -0.39 is 0 Å². The van der Waals surface area contributed by atoms with Gasteiger partial charge < -0.3 is 5.32 Å². The Bertz CT molecular complexity index is 719. The lowest BCUT2D eigenvalue weighted by molar-refractivity contribution is -0.120. The second kappa shape index (κ2) is 9.36. The molecule has 0 radical (unpaired) electrons. The van der Waals surface area contributed by atoms with Gasteiger partial charge in [0.1, 0.15) is 0 Å². The summed E-state index contributed by atoms with van der Waals surface area (Å²) >= 11 is 13.8. The molecule has 0 aliphatic carbocycles. The zero-order valence-electron chi connectivity index (χ0n) is 13.9. The maximum atomic E-state index is 12.0. The molecule has 1 N–H and O–H groups in total. The monoisotopic (exact) mass is 381 g/mol. The van der Waals surface area contributed by atoms with Crippen molar-refractivity contribution < 1.29 is 4.79 Å². The first-order valence-corrected chi connectivity index (χ1v) is 9.71. The van der Waals surface area contributed by atoms with Crippen molar-refractivity contribution in [2.24, 2.45) is 0 Å². The summed E-state index contributed by atoms with van der Waals surface area (Å²) < 4.78 is 0. The van der Waals surface area contributed by atoms with Crippen LogP contribution in [0.4, 0.5) is 0 Å². The van der Waals surface area contributed by atoms with Gasteiger partial charge in [-0.15, -0.1) is 0 Å². The van der Waals surface area contributed by atoms with Crippen molar-refractivity contribution >= 4 is 40.9 Å². The van der Waals surface area contributed by atoms with E-state index in [0.717, 1.165) is 22.6 Å². The Kier molecular flexibility index (Phi) is 7.47. The van der Waals surface area contributed by atoms with Gasteiger partial charge in [0.15, 0.2) is 0 Å². The number of carbonyl (C=O) groups is 1. The zero-order chi connectivity index (χ0) is 17.5. The van der Waals surface area contributed by atoms with Crippen molar-refractivity contribution in [2.45, 2.75) is 26.0 Å². The summed E-state index contributed by atoms with van der Waals surface area (Å²) in [7, 11) is 0. The zero-order valence-corrected chi connectivity index (χ0v) is 16.2. The van der Waals surface area contributed by atoms with Gasteiger partial charge in [-0.2, -0.15) is 11.8 Å². The molecule has 5 heteroatoms. The quantitative estimate of drug-likeness (QED) is 0.667. The van der Waals surface area contributed by atoms with Crippen LogP contribution in [0.3, 0.4) is 0 Å². The van der Waals surface area contributed by atoms with Crippen LogP contribution in [0.15, 0.2) is 36.4 Å². The van der Waals surface area contributed by atoms with Gasteiger partial charge in [0.05, 0.1) is 6.42 Å². The van der Waals surface area contributed by atoms with Crippen molar-refractivity contribution in [2.75, 3.05) is 12.3 Å². The Morgan fingerprint density at radius 1 is 1.08 bits per heavy atom. The standard InChI is InChI=1S/C19H21Cl2NOS/c1-13-3-4-15(9-14(13)2)10-19(23)22-7-8-24-12-16-5-6-17(20)11-18(16)21/h3-6,9,11H,7-8,10,12H2,1-2H3,(H,22,23). The average Bonchev–Trinajstić information content (AvgIpc) is 2.52.